The first-order chi connectivity index (χ1) is 8.04. The molecule has 0 aliphatic carbocycles. The summed E-state index contributed by atoms with van der Waals surface area (Å²) in [7, 11) is 0. The maximum atomic E-state index is 13.5. The van der Waals surface area contributed by atoms with Crippen molar-refractivity contribution in [1.82, 2.24) is 0 Å². The van der Waals surface area contributed by atoms with Crippen LogP contribution in [0.5, 0.6) is 0 Å². The Morgan fingerprint density at radius 3 is 2.41 bits per heavy atom. The second-order valence-corrected chi connectivity index (χ2v) is 3.92. The van der Waals surface area contributed by atoms with Crippen molar-refractivity contribution in [1.29, 1.82) is 0 Å². The zero-order valence-corrected chi connectivity index (χ0v) is 8.75. The van der Waals surface area contributed by atoms with Crippen molar-refractivity contribution in [3.63, 3.8) is 0 Å². The van der Waals surface area contributed by atoms with Gasteiger partial charge in [-0.1, -0.05) is 6.07 Å². The largest absolute Gasteiger partial charge is 0.394 e. The normalized spacial score (nSPS) is 33.0. The third kappa shape index (κ3) is 2.16. The molecule has 94 valence electrons. The molecule has 0 saturated carbocycles. The number of ether oxygens (including phenoxy) is 1. The van der Waals surface area contributed by atoms with E-state index in [1.165, 1.54) is 0 Å². The smallest absolute Gasteiger partial charge is 0.132 e. The summed E-state index contributed by atoms with van der Waals surface area (Å²) in [5, 5.41) is 28.0. The number of halogens is 2. The van der Waals surface area contributed by atoms with E-state index in [2.05, 4.69) is 0 Å². The Hall–Kier alpha value is -1.08. The van der Waals surface area contributed by atoms with Gasteiger partial charge in [-0.3, -0.25) is 0 Å². The number of rotatable bonds is 2. The molecule has 4 nitrogen and oxygen atoms in total. The minimum atomic E-state index is -1.35. The van der Waals surface area contributed by atoms with Gasteiger partial charge in [0.1, 0.15) is 36.1 Å². The van der Waals surface area contributed by atoms with Crippen molar-refractivity contribution in [2.75, 3.05) is 6.61 Å². The van der Waals surface area contributed by atoms with E-state index in [1.54, 1.807) is 0 Å². The molecule has 4 atom stereocenters. The molecule has 0 aromatic heterocycles. The van der Waals surface area contributed by atoms with Crippen molar-refractivity contribution in [3.05, 3.63) is 35.4 Å². The molecule has 0 radical (unpaired) electrons. The Morgan fingerprint density at radius 1 is 1.18 bits per heavy atom. The fraction of sp³-hybridized carbons (Fsp3) is 0.455. The Balaban J connectivity index is 2.29. The Bertz CT molecular complexity index is 412. The molecule has 0 spiro atoms. The number of hydrogen-bond donors (Lipinski definition) is 3. The van der Waals surface area contributed by atoms with Gasteiger partial charge in [0.05, 0.1) is 6.61 Å². The predicted molar refractivity (Wildman–Crippen MR) is 53.1 cm³/mol. The average Bonchev–Trinajstić information content (AvgIpc) is 2.57. The van der Waals surface area contributed by atoms with E-state index in [0.29, 0.717) is 6.07 Å². The van der Waals surface area contributed by atoms with Gasteiger partial charge in [0.2, 0.25) is 0 Å². The molecule has 1 aromatic rings. The summed E-state index contributed by atoms with van der Waals surface area (Å²) >= 11 is 0. The summed E-state index contributed by atoms with van der Waals surface area (Å²) < 4.78 is 31.3. The molecule has 17 heavy (non-hydrogen) atoms. The van der Waals surface area contributed by atoms with Crippen LogP contribution in [0, 0.1) is 11.6 Å². The molecule has 0 amide bonds. The molecule has 3 N–H and O–H groups in total. The second kappa shape index (κ2) is 4.66. The maximum absolute atomic E-state index is 13.5. The van der Waals surface area contributed by atoms with Crippen LogP contribution in [0.1, 0.15) is 11.7 Å². The minimum absolute atomic E-state index is 0.0473. The standard InChI is InChI=1S/C11H12F2O4/c12-5-1-2-6(7(13)3-5)11-10(16)9(15)8(4-14)17-11/h1-3,8-11,14-16H,4H2/t8-,9-,10-,11?/m1/s1. The van der Waals surface area contributed by atoms with Gasteiger partial charge in [0, 0.05) is 11.6 Å². The van der Waals surface area contributed by atoms with Gasteiger partial charge < -0.3 is 20.1 Å². The SMILES string of the molecule is OC[C@H]1OC(c2ccc(F)cc2F)[C@H](O)[C@@H]1O. The highest BCUT2D eigenvalue weighted by Gasteiger charge is 2.43. The molecular weight excluding hydrogens is 234 g/mol. The summed E-state index contributed by atoms with van der Waals surface area (Å²) in [4.78, 5) is 0. The van der Waals surface area contributed by atoms with Crippen LogP contribution in [0.2, 0.25) is 0 Å². The van der Waals surface area contributed by atoms with Crippen molar-refractivity contribution < 1.29 is 28.8 Å². The Morgan fingerprint density at radius 2 is 1.88 bits per heavy atom. The number of aliphatic hydroxyl groups excluding tert-OH is 3. The highest BCUT2D eigenvalue weighted by Crippen LogP contribution is 2.34. The van der Waals surface area contributed by atoms with Crippen LogP contribution < -0.4 is 0 Å². The van der Waals surface area contributed by atoms with Crippen LogP contribution in [0.3, 0.4) is 0 Å². The predicted octanol–water partition coefficient (Wildman–Crippen LogP) is 0.119. The first-order valence-electron chi connectivity index (χ1n) is 5.12. The van der Waals surface area contributed by atoms with Crippen molar-refractivity contribution in [3.8, 4) is 0 Å². The Labute approximate surface area is 96.1 Å². The van der Waals surface area contributed by atoms with Crippen LogP contribution in [0.4, 0.5) is 8.78 Å². The van der Waals surface area contributed by atoms with Crippen LogP contribution >= 0.6 is 0 Å². The lowest BCUT2D eigenvalue weighted by atomic mass is 10.0. The van der Waals surface area contributed by atoms with E-state index in [-0.39, 0.29) is 5.56 Å². The van der Waals surface area contributed by atoms with Gasteiger partial charge in [-0.15, -0.1) is 0 Å². The Kier molecular flexibility index (Phi) is 3.39. The molecule has 2 rings (SSSR count). The third-order valence-electron chi connectivity index (χ3n) is 2.81. The van der Waals surface area contributed by atoms with Gasteiger partial charge in [0.25, 0.3) is 0 Å². The molecule has 1 aliphatic heterocycles. The number of aliphatic hydroxyl groups is 3. The number of benzene rings is 1. The summed E-state index contributed by atoms with van der Waals surface area (Å²) in [6.45, 7) is -0.489. The van der Waals surface area contributed by atoms with E-state index in [9.17, 15) is 19.0 Å². The van der Waals surface area contributed by atoms with E-state index in [4.69, 9.17) is 9.84 Å². The molecule has 1 aliphatic rings. The van der Waals surface area contributed by atoms with Gasteiger partial charge in [-0.25, -0.2) is 8.78 Å². The zero-order chi connectivity index (χ0) is 12.6. The third-order valence-corrected chi connectivity index (χ3v) is 2.81. The quantitative estimate of drug-likeness (QED) is 0.693. The fourth-order valence-electron chi connectivity index (χ4n) is 1.89. The monoisotopic (exact) mass is 246 g/mol. The zero-order valence-electron chi connectivity index (χ0n) is 8.75. The summed E-state index contributed by atoms with van der Waals surface area (Å²) in [5.41, 5.74) is -0.0473. The van der Waals surface area contributed by atoms with Crippen LogP contribution in [0.25, 0.3) is 0 Å². The number of hydrogen-bond acceptors (Lipinski definition) is 4. The molecule has 1 unspecified atom stereocenters. The first-order valence-corrected chi connectivity index (χ1v) is 5.12. The molecule has 6 heteroatoms. The van der Waals surface area contributed by atoms with E-state index >= 15 is 0 Å². The maximum Gasteiger partial charge on any atom is 0.132 e. The van der Waals surface area contributed by atoms with Crippen LogP contribution in [0.15, 0.2) is 18.2 Å². The van der Waals surface area contributed by atoms with Crippen LogP contribution in [-0.4, -0.2) is 40.2 Å². The molecule has 1 fully saturated rings. The lowest BCUT2D eigenvalue weighted by Gasteiger charge is -2.15. The van der Waals surface area contributed by atoms with Gasteiger partial charge in [-0.2, -0.15) is 0 Å². The van der Waals surface area contributed by atoms with Gasteiger partial charge in [0.15, 0.2) is 0 Å². The second-order valence-electron chi connectivity index (χ2n) is 3.92. The van der Waals surface area contributed by atoms with E-state index in [0.717, 1.165) is 12.1 Å². The van der Waals surface area contributed by atoms with E-state index in [1.807, 2.05) is 0 Å². The summed E-state index contributed by atoms with van der Waals surface area (Å²) in [6.07, 6.45) is -4.73. The van der Waals surface area contributed by atoms with E-state index < -0.39 is 42.7 Å². The average molecular weight is 246 g/mol. The lowest BCUT2D eigenvalue weighted by Crippen LogP contribution is -2.32. The topological polar surface area (TPSA) is 69.9 Å². The summed E-state index contributed by atoms with van der Waals surface area (Å²) in [6, 6.07) is 2.85. The molecule has 1 saturated heterocycles. The molecular formula is C11H12F2O4. The molecule has 1 heterocycles. The van der Waals surface area contributed by atoms with Crippen LogP contribution in [-0.2, 0) is 4.74 Å². The van der Waals surface area contributed by atoms with Crippen molar-refractivity contribution in [2.24, 2.45) is 0 Å². The highest BCUT2D eigenvalue weighted by atomic mass is 19.1. The van der Waals surface area contributed by atoms with Crippen molar-refractivity contribution >= 4 is 0 Å². The van der Waals surface area contributed by atoms with Crippen molar-refractivity contribution in [2.45, 2.75) is 24.4 Å². The van der Waals surface area contributed by atoms with Gasteiger partial charge >= 0.3 is 0 Å². The van der Waals surface area contributed by atoms with Gasteiger partial charge in [-0.05, 0) is 6.07 Å². The molecule has 0 bridgehead atoms. The summed E-state index contributed by atoms with van der Waals surface area (Å²) in [5.74, 6) is -1.60. The molecule has 1 aromatic carbocycles. The fourth-order valence-corrected chi connectivity index (χ4v) is 1.89. The lowest BCUT2D eigenvalue weighted by molar-refractivity contribution is -0.0237. The highest BCUT2D eigenvalue weighted by molar-refractivity contribution is 5.23. The minimum Gasteiger partial charge on any atom is -0.394 e. The first kappa shape index (κ1) is 12.4.